The van der Waals surface area contributed by atoms with E-state index in [-0.39, 0.29) is 0 Å². The number of aldehydes is 1. The topological polar surface area (TPSA) is 32.3 Å². The fourth-order valence-corrected chi connectivity index (χ4v) is 1.98. The summed E-state index contributed by atoms with van der Waals surface area (Å²) in [5.74, 6) is 0. The second-order valence-electron chi connectivity index (χ2n) is 3.64. The van der Waals surface area contributed by atoms with Crippen LogP contribution in [-0.2, 0) is 4.79 Å². The zero-order valence-electron chi connectivity index (χ0n) is 8.46. The molecule has 3 heteroatoms. The SMILES string of the molecule is CCCN(CC=O)C1CCNCC1. The van der Waals surface area contributed by atoms with Crippen LogP contribution in [0.25, 0.3) is 0 Å². The van der Waals surface area contributed by atoms with Gasteiger partial charge in [-0.25, -0.2) is 0 Å². The van der Waals surface area contributed by atoms with Gasteiger partial charge in [-0.05, 0) is 38.9 Å². The summed E-state index contributed by atoms with van der Waals surface area (Å²) in [7, 11) is 0. The molecule has 1 fully saturated rings. The number of carbonyl (C=O) groups is 1. The van der Waals surface area contributed by atoms with Crippen LogP contribution in [0.4, 0.5) is 0 Å². The summed E-state index contributed by atoms with van der Waals surface area (Å²) in [5, 5.41) is 3.34. The number of nitrogens with zero attached hydrogens (tertiary/aromatic N) is 1. The highest BCUT2D eigenvalue weighted by Gasteiger charge is 2.19. The summed E-state index contributed by atoms with van der Waals surface area (Å²) in [5.41, 5.74) is 0. The Bertz CT molecular complexity index is 144. The highest BCUT2D eigenvalue weighted by molar-refractivity contribution is 5.52. The molecule has 0 aliphatic carbocycles. The van der Waals surface area contributed by atoms with Gasteiger partial charge >= 0.3 is 0 Å². The van der Waals surface area contributed by atoms with E-state index in [1.165, 1.54) is 12.8 Å². The van der Waals surface area contributed by atoms with Crippen molar-refractivity contribution in [3.8, 4) is 0 Å². The molecular formula is C10H20N2O. The fourth-order valence-electron chi connectivity index (χ4n) is 1.98. The first-order valence-corrected chi connectivity index (χ1v) is 5.27. The average molecular weight is 184 g/mol. The third-order valence-corrected chi connectivity index (χ3v) is 2.64. The molecule has 1 aliphatic rings. The Labute approximate surface area is 80.5 Å². The molecule has 0 saturated carbocycles. The van der Waals surface area contributed by atoms with Crippen molar-refractivity contribution in [3.63, 3.8) is 0 Å². The molecule has 0 aromatic heterocycles. The van der Waals surface area contributed by atoms with Crippen molar-refractivity contribution in [2.24, 2.45) is 0 Å². The maximum atomic E-state index is 10.5. The van der Waals surface area contributed by atoms with Crippen molar-refractivity contribution in [2.45, 2.75) is 32.2 Å². The number of carbonyl (C=O) groups excluding carboxylic acids is 1. The zero-order chi connectivity index (χ0) is 9.52. The van der Waals surface area contributed by atoms with Gasteiger partial charge in [-0.15, -0.1) is 0 Å². The lowest BCUT2D eigenvalue weighted by Gasteiger charge is -2.33. The zero-order valence-corrected chi connectivity index (χ0v) is 8.46. The third-order valence-electron chi connectivity index (χ3n) is 2.64. The molecular weight excluding hydrogens is 164 g/mol. The third kappa shape index (κ3) is 3.44. The average Bonchev–Trinajstić information content (AvgIpc) is 2.19. The maximum Gasteiger partial charge on any atom is 0.133 e. The van der Waals surface area contributed by atoms with Gasteiger partial charge in [0.05, 0.1) is 6.54 Å². The van der Waals surface area contributed by atoms with Crippen molar-refractivity contribution < 1.29 is 4.79 Å². The molecule has 76 valence electrons. The van der Waals surface area contributed by atoms with Crippen LogP contribution in [-0.4, -0.2) is 43.4 Å². The minimum Gasteiger partial charge on any atom is -0.317 e. The van der Waals surface area contributed by atoms with Crippen molar-refractivity contribution in [2.75, 3.05) is 26.2 Å². The predicted molar refractivity (Wildman–Crippen MR) is 53.8 cm³/mol. The summed E-state index contributed by atoms with van der Waals surface area (Å²) in [6, 6.07) is 0.631. The number of hydrogen-bond acceptors (Lipinski definition) is 3. The number of hydrogen-bond donors (Lipinski definition) is 1. The van der Waals surface area contributed by atoms with Crippen LogP contribution in [0.1, 0.15) is 26.2 Å². The number of nitrogens with one attached hydrogen (secondary N) is 1. The highest BCUT2D eigenvalue weighted by atomic mass is 16.1. The molecule has 0 bridgehead atoms. The van der Waals surface area contributed by atoms with Gasteiger partial charge in [0.15, 0.2) is 0 Å². The van der Waals surface area contributed by atoms with E-state index in [1.54, 1.807) is 0 Å². The van der Waals surface area contributed by atoms with Crippen LogP contribution in [0.2, 0.25) is 0 Å². The Balaban J connectivity index is 2.36. The van der Waals surface area contributed by atoms with Crippen LogP contribution in [0, 0.1) is 0 Å². The molecule has 0 unspecified atom stereocenters. The second kappa shape index (κ2) is 6.11. The lowest BCUT2D eigenvalue weighted by Crippen LogP contribution is -2.44. The Kier molecular flexibility index (Phi) is 5.01. The molecule has 1 aliphatic heterocycles. The minimum absolute atomic E-state index is 0.610. The van der Waals surface area contributed by atoms with Gasteiger partial charge in [0.2, 0.25) is 0 Å². The first-order chi connectivity index (χ1) is 6.38. The molecule has 1 heterocycles. The van der Waals surface area contributed by atoms with Gasteiger partial charge in [-0.2, -0.15) is 0 Å². The Morgan fingerprint density at radius 3 is 2.69 bits per heavy atom. The first-order valence-electron chi connectivity index (χ1n) is 5.27. The van der Waals surface area contributed by atoms with Crippen molar-refractivity contribution >= 4 is 6.29 Å². The maximum absolute atomic E-state index is 10.5. The molecule has 0 spiro atoms. The lowest BCUT2D eigenvalue weighted by molar-refractivity contribution is -0.109. The Hall–Kier alpha value is -0.410. The lowest BCUT2D eigenvalue weighted by atomic mass is 10.0. The summed E-state index contributed by atoms with van der Waals surface area (Å²) < 4.78 is 0. The van der Waals surface area contributed by atoms with E-state index in [4.69, 9.17) is 0 Å². The predicted octanol–water partition coefficient (Wildman–Crippen LogP) is 0.649. The number of piperidine rings is 1. The van der Waals surface area contributed by atoms with Gasteiger partial charge in [-0.1, -0.05) is 6.92 Å². The molecule has 0 radical (unpaired) electrons. The normalized spacial score (nSPS) is 19.2. The van der Waals surface area contributed by atoms with Gasteiger partial charge in [-0.3, -0.25) is 4.90 Å². The molecule has 1 N–H and O–H groups in total. The van der Waals surface area contributed by atoms with E-state index in [0.29, 0.717) is 12.6 Å². The molecule has 13 heavy (non-hydrogen) atoms. The van der Waals surface area contributed by atoms with Crippen LogP contribution in [0.15, 0.2) is 0 Å². The molecule has 0 aromatic rings. The Morgan fingerprint density at radius 1 is 1.46 bits per heavy atom. The quantitative estimate of drug-likeness (QED) is 0.637. The van der Waals surface area contributed by atoms with Crippen LogP contribution >= 0.6 is 0 Å². The van der Waals surface area contributed by atoms with Gasteiger partial charge in [0.1, 0.15) is 6.29 Å². The molecule has 1 saturated heterocycles. The standard InChI is InChI=1S/C10H20N2O/c1-2-7-12(8-9-13)10-3-5-11-6-4-10/h9-11H,2-8H2,1H3. The van der Waals surface area contributed by atoms with Crippen molar-refractivity contribution in [1.29, 1.82) is 0 Å². The molecule has 0 atom stereocenters. The van der Waals surface area contributed by atoms with Gasteiger partial charge in [0, 0.05) is 6.04 Å². The van der Waals surface area contributed by atoms with Crippen LogP contribution in [0.3, 0.4) is 0 Å². The minimum atomic E-state index is 0.610. The summed E-state index contributed by atoms with van der Waals surface area (Å²) in [4.78, 5) is 12.8. The van der Waals surface area contributed by atoms with E-state index in [9.17, 15) is 4.79 Å². The van der Waals surface area contributed by atoms with Crippen LogP contribution < -0.4 is 5.32 Å². The van der Waals surface area contributed by atoms with E-state index in [0.717, 1.165) is 32.3 Å². The fraction of sp³-hybridized carbons (Fsp3) is 0.900. The summed E-state index contributed by atoms with van der Waals surface area (Å²) in [6.45, 7) is 6.04. The highest BCUT2D eigenvalue weighted by Crippen LogP contribution is 2.11. The van der Waals surface area contributed by atoms with Gasteiger partial charge in [0.25, 0.3) is 0 Å². The van der Waals surface area contributed by atoms with E-state index in [1.807, 2.05) is 0 Å². The summed E-state index contributed by atoms with van der Waals surface area (Å²) in [6.07, 6.45) is 4.54. The van der Waals surface area contributed by atoms with E-state index < -0.39 is 0 Å². The Morgan fingerprint density at radius 2 is 2.15 bits per heavy atom. The molecule has 3 nitrogen and oxygen atoms in total. The summed E-state index contributed by atoms with van der Waals surface area (Å²) >= 11 is 0. The molecule has 0 aromatic carbocycles. The number of rotatable bonds is 5. The molecule has 0 amide bonds. The van der Waals surface area contributed by atoms with Crippen LogP contribution in [0.5, 0.6) is 0 Å². The van der Waals surface area contributed by atoms with Crippen molar-refractivity contribution in [3.05, 3.63) is 0 Å². The molecule has 1 rings (SSSR count). The van der Waals surface area contributed by atoms with E-state index >= 15 is 0 Å². The second-order valence-corrected chi connectivity index (χ2v) is 3.64. The van der Waals surface area contributed by atoms with Gasteiger partial charge < -0.3 is 10.1 Å². The monoisotopic (exact) mass is 184 g/mol. The smallest absolute Gasteiger partial charge is 0.133 e. The van der Waals surface area contributed by atoms with Crippen molar-refractivity contribution in [1.82, 2.24) is 10.2 Å². The first kappa shape index (κ1) is 10.7. The largest absolute Gasteiger partial charge is 0.317 e. The van der Waals surface area contributed by atoms with E-state index in [2.05, 4.69) is 17.1 Å².